The normalized spacial score (nSPS) is 17.2. The number of rotatable bonds is 4. The summed E-state index contributed by atoms with van der Waals surface area (Å²) in [6, 6.07) is 8.10. The van der Waals surface area contributed by atoms with E-state index in [9.17, 15) is 18.8 Å². The highest BCUT2D eigenvalue weighted by Crippen LogP contribution is 2.27. The van der Waals surface area contributed by atoms with Gasteiger partial charge >= 0.3 is 6.03 Å². The Kier molecular flexibility index (Phi) is 4.98. The Balaban J connectivity index is 1.83. The number of urea groups is 1. The molecule has 26 heavy (non-hydrogen) atoms. The van der Waals surface area contributed by atoms with Crippen molar-refractivity contribution in [1.29, 1.82) is 0 Å². The number of carbonyl (C=O) groups is 3. The van der Waals surface area contributed by atoms with Crippen molar-refractivity contribution in [2.75, 3.05) is 11.4 Å². The summed E-state index contributed by atoms with van der Waals surface area (Å²) in [6.07, 6.45) is 0. The Hall–Kier alpha value is -2.44. The minimum Gasteiger partial charge on any atom is -0.292 e. The SMILES string of the molecule is CC1C(=O)N(CC(=O)c2ccc(Cl)c(Cl)c2)C(=O)N1c1ccc(F)cc1. The number of carbonyl (C=O) groups excluding carboxylic acids is 3. The molecule has 1 unspecified atom stereocenters. The Morgan fingerprint density at radius 2 is 1.73 bits per heavy atom. The third kappa shape index (κ3) is 3.30. The first-order chi connectivity index (χ1) is 12.3. The van der Waals surface area contributed by atoms with Gasteiger partial charge in [-0.05, 0) is 49.4 Å². The smallest absolute Gasteiger partial charge is 0.292 e. The molecular formula is C18H13Cl2FN2O3. The molecule has 1 saturated heterocycles. The molecule has 5 nitrogen and oxygen atoms in total. The van der Waals surface area contributed by atoms with Crippen molar-refractivity contribution >= 4 is 46.6 Å². The molecule has 1 aliphatic heterocycles. The summed E-state index contributed by atoms with van der Waals surface area (Å²) in [4.78, 5) is 39.6. The van der Waals surface area contributed by atoms with E-state index in [1.165, 1.54) is 47.4 Å². The monoisotopic (exact) mass is 394 g/mol. The molecule has 3 rings (SSSR count). The van der Waals surface area contributed by atoms with Gasteiger partial charge in [0, 0.05) is 11.3 Å². The second-order valence-electron chi connectivity index (χ2n) is 5.78. The van der Waals surface area contributed by atoms with Crippen LogP contribution in [0.3, 0.4) is 0 Å². The number of anilines is 1. The second kappa shape index (κ2) is 7.05. The molecule has 0 N–H and O–H groups in total. The van der Waals surface area contributed by atoms with Gasteiger partial charge in [0.15, 0.2) is 5.78 Å². The van der Waals surface area contributed by atoms with E-state index >= 15 is 0 Å². The molecule has 1 heterocycles. The van der Waals surface area contributed by atoms with E-state index in [4.69, 9.17) is 23.2 Å². The largest absolute Gasteiger partial charge is 0.332 e. The number of ketones is 1. The molecule has 0 saturated carbocycles. The Morgan fingerprint density at radius 3 is 2.35 bits per heavy atom. The van der Waals surface area contributed by atoms with Crippen molar-refractivity contribution in [3.8, 4) is 0 Å². The molecule has 0 radical (unpaired) electrons. The van der Waals surface area contributed by atoms with Crippen LogP contribution in [-0.4, -0.2) is 35.2 Å². The Morgan fingerprint density at radius 1 is 1.08 bits per heavy atom. The molecule has 134 valence electrons. The zero-order chi connectivity index (χ0) is 19.0. The summed E-state index contributed by atoms with van der Waals surface area (Å²) >= 11 is 11.7. The van der Waals surface area contributed by atoms with E-state index in [1.807, 2.05) is 0 Å². The molecule has 0 aromatic heterocycles. The molecule has 3 amide bonds. The summed E-state index contributed by atoms with van der Waals surface area (Å²) in [5.74, 6) is -1.41. The number of hydrogen-bond donors (Lipinski definition) is 0. The lowest BCUT2D eigenvalue weighted by molar-refractivity contribution is -0.126. The van der Waals surface area contributed by atoms with Crippen LogP contribution in [0.4, 0.5) is 14.9 Å². The summed E-state index contributed by atoms with van der Waals surface area (Å²) < 4.78 is 13.1. The maximum Gasteiger partial charge on any atom is 0.332 e. The number of nitrogens with zero attached hydrogens (tertiary/aromatic N) is 2. The van der Waals surface area contributed by atoms with E-state index in [0.29, 0.717) is 10.7 Å². The fourth-order valence-electron chi connectivity index (χ4n) is 2.71. The topological polar surface area (TPSA) is 57.7 Å². The Labute approximate surface area is 158 Å². The minimum atomic E-state index is -0.797. The molecule has 0 aliphatic carbocycles. The van der Waals surface area contributed by atoms with E-state index < -0.39 is 36.1 Å². The lowest BCUT2D eigenvalue weighted by atomic mass is 10.1. The number of imide groups is 1. The second-order valence-corrected chi connectivity index (χ2v) is 6.60. The summed E-state index contributed by atoms with van der Waals surface area (Å²) in [7, 11) is 0. The quantitative estimate of drug-likeness (QED) is 0.577. The van der Waals surface area contributed by atoms with E-state index in [0.717, 1.165) is 4.90 Å². The van der Waals surface area contributed by atoms with Crippen LogP contribution in [0.25, 0.3) is 0 Å². The molecule has 0 bridgehead atoms. The lowest BCUT2D eigenvalue weighted by Gasteiger charge is -2.19. The van der Waals surface area contributed by atoms with Gasteiger partial charge in [0.1, 0.15) is 11.9 Å². The molecule has 8 heteroatoms. The van der Waals surface area contributed by atoms with Crippen LogP contribution in [-0.2, 0) is 4.79 Å². The average Bonchev–Trinajstić information content (AvgIpc) is 2.82. The molecule has 1 aliphatic rings. The zero-order valence-electron chi connectivity index (χ0n) is 13.6. The van der Waals surface area contributed by atoms with Crippen LogP contribution in [0.5, 0.6) is 0 Å². The van der Waals surface area contributed by atoms with E-state index in [-0.39, 0.29) is 10.6 Å². The average molecular weight is 395 g/mol. The fraction of sp³-hybridized carbons (Fsp3) is 0.167. The standard InChI is InChI=1S/C18H13Cl2FN2O3/c1-10-17(25)22(9-16(24)11-2-7-14(19)15(20)8-11)18(26)23(10)13-5-3-12(21)4-6-13/h2-8,10H,9H2,1H3. The van der Waals surface area contributed by atoms with Crippen LogP contribution in [0.15, 0.2) is 42.5 Å². The van der Waals surface area contributed by atoms with Crippen LogP contribution >= 0.6 is 23.2 Å². The number of Topliss-reactive ketones (excluding diaryl/α,β-unsaturated/α-hetero) is 1. The van der Waals surface area contributed by atoms with Crippen LogP contribution in [0, 0.1) is 5.82 Å². The zero-order valence-corrected chi connectivity index (χ0v) is 15.1. The first-order valence-electron chi connectivity index (χ1n) is 7.68. The van der Waals surface area contributed by atoms with Crippen molar-refractivity contribution in [3.63, 3.8) is 0 Å². The van der Waals surface area contributed by atoms with Crippen molar-refractivity contribution in [1.82, 2.24) is 4.90 Å². The minimum absolute atomic E-state index is 0.206. The Bertz CT molecular complexity index is 902. The van der Waals surface area contributed by atoms with Crippen LogP contribution in [0.2, 0.25) is 10.0 Å². The molecule has 0 spiro atoms. The highest BCUT2D eigenvalue weighted by atomic mass is 35.5. The number of amides is 3. The van der Waals surface area contributed by atoms with Crippen molar-refractivity contribution in [2.24, 2.45) is 0 Å². The number of hydrogen-bond acceptors (Lipinski definition) is 3. The predicted molar refractivity (Wildman–Crippen MR) is 96.2 cm³/mol. The molecule has 1 fully saturated rings. The fourth-order valence-corrected chi connectivity index (χ4v) is 3.01. The molecular weight excluding hydrogens is 382 g/mol. The molecule has 1 atom stereocenters. The number of halogens is 3. The van der Waals surface area contributed by atoms with Gasteiger partial charge in [-0.15, -0.1) is 0 Å². The first kappa shape index (κ1) is 18.4. The summed E-state index contributed by atoms with van der Waals surface area (Å²) in [5, 5.41) is 0.505. The molecule has 2 aromatic rings. The summed E-state index contributed by atoms with van der Waals surface area (Å²) in [5.41, 5.74) is 0.620. The van der Waals surface area contributed by atoms with Gasteiger partial charge < -0.3 is 0 Å². The van der Waals surface area contributed by atoms with Gasteiger partial charge in [-0.3, -0.25) is 19.4 Å². The number of benzene rings is 2. The van der Waals surface area contributed by atoms with E-state index in [2.05, 4.69) is 0 Å². The summed E-state index contributed by atoms with van der Waals surface area (Å²) in [6.45, 7) is 1.13. The lowest BCUT2D eigenvalue weighted by Crippen LogP contribution is -2.37. The van der Waals surface area contributed by atoms with Crippen molar-refractivity contribution in [2.45, 2.75) is 13.0 Å². The van der Waals surface area contributed by atoms with Crippen LogP contribution in [0.1, 0.15) is 17.3 Å². The van der Waals surface area contributed by atoms with Gasteiger partial charge in [-0.1, -0.05) is 23.2 Å². The van der Waals surface area contributed by atoms with Gasteiger partial charge in [0.05, 0.1) is 16.6 Å². The van der Waals surface area contributed by atoms with Crippen LogP contribution < -0.4 is 4.90 Å². The van der Waals surface area contributed by atoms with Gasteiger partial charge in [0.25, 0.3) is 5.91 Å². The predicted octanol–water partition coefficient (Wildman–Crippen LogP) is 4.17. The maximum atomic E-state index is 13.1. The van der Waals surface area contributed by atoms with Gasteiger partial charge in [-0.25, -0.2) is 9.18 Å². The third-order valence-corrected chi connectivity index (χ3v) is 4.83. The van der Waals surface area contributed by atoms with E-state index in [1.54, 1.807) is 6.92 Å². The molecule has 2 aromatic carbocycles. The first-order valence-corrected chi connectivity index (χ1v) is 8.43. The maximum absolute atomic E-state index is 13.1. The van der Waals surface area contributed by atoms with Crippen molar-refractivity contribution < 1.29 is 18.8 Å². The van der Waals surface area contributed by atoms with Gasteiger partial charge in [-0.2, -0.15) is 0 Å². The highest BCUT2D eigenvalue weighted by molar-refractivity contribution is 6.42. The van der Waals surface area contributed by atoms with Gasteiger partial charge in [0.2, 0.25) is 0 Å². The highest BCUT2D eigenvalue weighted by Gasteiger charge is 2.44. The van der Waals surface area contributed by atoms with Crippen molar-refractivity contribution in [3.05, 3.63) is 63.9 Å². The third-order valence-electron chi connectivity index (χ3n) is 4.10.